The fourth-order valence-electron chi connectivity index (χ4n) is 1.58. The van der Waals surface area contributed by atoms with Gasteiger partial charge < -0.3 is 15.0 Å². The highest BCUT2D eigenvalue weighted by Crippen LogP contribution is 2.24. The summed E-state index contributed by atoms with van der Waals surface area (Å²) in [5.41, 5.74) is 0.745. The molecule has 0 atom stereocenters. The van der Waals surface area contributed by atoms with Gasteiger partial charge >= 0.3 is 5.97 Å². The first-order valence-corrected chi connectivity index (χ1v) is 6.21. The molecule has 2 rings (SSSR count). The molecule has 0 saturated carbocycles. The van der Waals surface area contributed by atoms with E-state index in [2.05, 4.69) is 19.9 Å². The number of nitrogens with zero attached hydrogens (tertiary/aromatic N) is 4. The van der Waals surface area contributed by atoms with E-state index in [-0.39, 0.29) is 5.56 Å². The average Bonchev–Trinajstić information content (AvgIpc) is 2.92. The second-order valence-corrected chi connectivity index (χ2v) is 4.44. The number of carboxylic acids is 1. The van der Waals surface area contributed by atoms with Gasteiger partial charge in [-0.3, -0.25) is 0 Å². The van der Waals surface area contributed by atoms with Crippen LogP contribution in [0.25, 0.3) is 0 Å². The lowest BCUT2D eigenvalue weighted by Gasteiger charge is -2.05. The lowest BCUT2D eigenvalue weighted by atomic mass is 10.2. The third-order valence-corrected chi connectivity index (χ3v) is 3.42. The zero-order valence-corrected chi connectivity index (χ0v) is 10.9. The Labute approximate surface area is 108 Å². The molecule has 0 fully saturated rings. The molecular weight excluding hydrogens is 254 g/mol. The van der Waals surface area contributed by atoms with Crippen LogP contribution in [0.4, 0.5) is 5.00 Å². The molecule has 0 bridgehead atoms. The topological polar surface area (TPSA) is 92.9 Å². The minimum atomic E-state index is -0.972. The van der Waals surface area contributed by atoms with Crippen molar-refractivity contribution in [3.8, 4) is 0 Å². The summed E-state index contributed by atoms with van der Waals surface area (Å²) in [6.45, 7) is 4.87. The van der Waals surface area contributed by atoms with E-state index in [4.69, 9.17) is 5.11 Å². The summed E-state index contributed by atoms with van der Waals surface area (Å²) in [5, 5.41) is 20.5. The van der Waals surface area contributed by atoms with Crippen molar-refractivity contribution in [2.45, 2.75) is 26.9 Å². The Bertz CT molecular complexity index is 562. The van der Waals surface area contributed by atoms with E-state index in [1.807, 2.05) is 11.5 Å². The number of aromatic carboxylic acids is 1. The fourth-order valence-corrected chi connectivity index (χ4v) is 2.36. The number of carbonyl (C=O) groups is 1. The van der Waals surface area contributed by atoms with Gasteiger partial charge in [0, 0.05) is 6.54 Å². The van der Waals surface area contributed by atoms with Crippen molar-refractivity contribution in [2.75, 3.05) is 5.32 Å². The second kappa shape index (κ2) is 5.13. The van der Waals surface area contributed by atoms with Gasteiger partial charge in [-0.05, 0) is 25.4 Å². The van der Waals surface area contributed by atoms with Crippen LogP contribution < -0.4 is 5.32 Å². The molecule has 0 unspecified atom stereocenters. The third kappa shape index (κ3) is 2.33. The van der Waals surface area contributed by atoms with Gasteiger partial charge in [0.2, 0.25) is 0 Å². The van der Waals surface area contributed by atoms with Gasteiger partial charge in [-0.1, -0.05) is 0 Å². The number of anilines is 1. The molecule has 0 aromatic carbocycles. The predicted molar refractivity (Wildman–Crippen MR) is 66.8 cm³/mol. The summed E-state index contributed by atoms with van der Waals surface area (Å²) >= 11 is 1.14. The SMILES string of the molecule is CCn1cnnc1CNc1snc(C)c1C(=O)O. The number of rotatable bonds is 5. The van der Waals surface area contributed by atoms with Crippen LogP contribution in [-0.4, -0.2) is 30.2 Å². The number of hydrogen-bond acceptors (Lipinski definition) is 6. The molecule has 0 radical (unpaired) electrons. The molecule has 2 aromatic heterocycles. The first kappa shape index (κ1) is 12.5. The van der Waals surface area contributed by atoms with Crippen molar-refractivity contribution in [3.05, 3.63) is 23.4 Å². The van der Waals surface area contributed by atoms with E-state index in [0.717, 1.165) is 23.9 Å². The predicted octanol–water partition coefficient (Wildman–Crippen LogP) is 1.37. The van der Waals surface area contributed by atoms with Crippen LogP contribution in [0, 0.1) is 6.92 Å². The van der Waals surface area contributed by atoms with Gasteiger partial charge in [0.05, 0.1) is 12.2 Å². The van der Waals surface area contributed by atoms with Crippen molar-refractivity contribution in [3.63, 3.8) is 0 Å². The van der Waals surface area contributed by atoms with Gasteiger partial charge in [-0.2, -0.15) is 4.37 Å². The quantitative estimate of drug-likeness (QED) is 0.850. The van der Waals surface area contributed by atoms with Crippen LogP contribution in [0.3, 0.4) is 0 Å². The number of aromatic nitrogens is 4. The largest absolute Gasteiger partial charge is 0.478 e. The Morgan fingerprint density at radius 3 is 3.06 bits per heavy atom. The highest BCUT2D eigenvalue weighted by molar-refractivity contribution is 7.10. The van der Waals surface area contributed by atoms with Crippen LogP contribution in [0.5, 0.6) is 0 Å². The molecule has 0 amide bonds. The summed E-state index contributed by atoms with van der Waals surface area (Å²) in [7, 11) is 0. The van der Waals surface area contributed by atoms with Gasteiger partial charge in [-0.15, -0.1) is 10.2 Å². The van der Waals surface area contributed by atoms with Gasteiger partial charge in [-0.25, -0.2) is 4.79 Å². The third-order valence-electron chi connectivity index (χ3n) is 2.52. The molecule has 0 aliphatic carbocycles. The minimum Gasteiger partial charge on any atom is -0.478 e. The Balaban J connectivity index is 2.14. The van der Waals surface area contributed by atoms with Crippen LogP contribution in [0.1, 0.15) is 28.8 Å². The van der Waals surface area contributed by atoms with Crippen LogP contribution in [-0.2, 0) is 13.1 Å². The van der Waals surface area contributed by atoms with E-state index >= 15 is 0 Å². The lowest BCUT2D eigenvalue weighted by Crippen LogP contribution is -2.09. The van der Waals surface area contributed by atoms with Gasteiger partial charge in [0.15, 0.2) is 5.82 Å². The minimum absolute atomic E-state index is 0.225. The number of hydrogen-bond donors (Lipinski definition) is 2. The maximum atomic E-state index is 11.1. The average molecular weight is 267 g/mol. The zero-order valence-electron chi connectivity index (χ0n) is 10.0. The molecule has 0 aliphatic rings. The van der Waals surface area contributed by atoms with Crippen LogP contribution in [0.15, 0.2) is 6.33 Å². The maximum Gasteiger partial charge on any atom is 0.340 e. The van der Waals surface area contributed by atoms with Gasteiger partial charge in [0.1, 0.15) is 16.9 Å². The highest BCUT2D eigenvalue weighted by atomic mass is 32.1. The van der Waals surface area contributed by atoms with E-state index in [1.54, 1.807) is 13.3 Å². The summed E-state index contributed by atoms with van der Waals surface area (Å²) in [6, 6.07) is 0. The highest BCUT2D eigenvalue weighted by Gasteiger charge is 2.17. The molecule has 2 heterocycles. The molecule has 2 aromatic rings. The number of carboxylic acid groups (broad SMARTS) is 1. The summed E-state index contributed by atoms with van der Waals surface area (Å²) < 4.78 is 5.93. The van der Waals surface area contributed by atoms with Crippen molar-refractivity contribution >= 4 is 22.5 Å². The molecule has 96 valence electrons. The fraction of sp³-hybridized carbons (Fsp3) is 0.400. The van der Waals surface area contributed by atoms with Crippen molar-refractivity contribution in [1.82, 2.24) is 19.1 Å². The monoisotopic (exact) mass is 267 g/mol. The molecule has 8 heteroatoms. The molecule has 0 spiro atoms. The van der Waals surface area contributed by atoms with Crippen molar-refractivity contribution in [2.24, 2.45) is 0 Å². The molecular formula is C10H13N5O2S. The van der Waals surface area contributed by atoms with E-state index in [1.165, 1.54) is 0 Å². The number of nitrogens with one attached hydrogen (secondary N) is 1. The lowest BCUT2D eigenvalue weighted by molar-refractivity contribution is 0.0697. The number of aryl methyl sites for hydroxylation is 2. The van der Waals surface area contributed by atoms with Crippen molar-refractivity contribution < 1.29 is 9.90 Å². The molecule has 7 nitrogen and oxygen atoms in total. The zero-order chi connectivity index (χ0) is 13.1. The van der Waals surface area contributed by atoms with E-state index in [0.29, 0.717) is 17.2 Å². The second-order valence-electron chi connectivity index (χ2n) is 3.66. The van der Waals surface area contributed by atoms with Crippen LogP contribution in [0.2, 0.25) is 0 Å². The molecule has 0 saturated heterocycles. The molecule has 18 heavy (non-hydrogen) atoms. The van der Waals surface area contributed by atoms with E-state index < -0.39 is 5.97 Å². The first-order valence-electron chi connectivity index (χ1n) is 5.43. The van der Waals surface area contributed by atoms with Crippen molar-refractivity contribution in [1.29, 1.82) is 0 Å². The summed E-state index contributed by atoms with van der Waals surface area (Å²) in [4.78, 5) is 11.1. The van der Waals surface area contributed by atoms with Crippen LogP contribution >= 0.6 is 11.5 Å². The van der Waals surface area contributed by atoms with E-state index in [9.17, 15) is 4.79 Å². The smallest absolute Gasteiger partial charge is 0.340 e. The summed E-state index contributed by atoms with van der Waals surface area (Å²) in [6.07, 6.45) is 1.65. The summed E-state index contributed by atoms with van der Waals surface area (Å²) in [5.74, 6) is -0.208. The first-order chi connectivity index (χ1) is 8.63. The molecule has 2 N–H and O–H groups in total. The molecule has 0 aliphatic heterocycles. The Kier molecular flexibility index (Phi) is 3.56. The Hall–Kier alpha value is -1.96. The Morgan fingerprint density at radius 2 is 2.39 bits per heavy atom. The maximum absolute atomic E-state index is 11.1. The van der Waals surface area contributed by atoms with Gasteiger partial charge in [0.25, 0.3) is 0 Å². The Morgan fingerprint density at radius 1 is 1.61 bits per heavy atom. The normalized spacial score (nSPS) is 10.6. The standard InChI is InChI=1S/C10H13N5O2S/c1-3-15-5-12-13-7(15)4-11-9-8(10(16)17)6(2)14-18-9/h5,11H,3-4H2,1-2H3,(H,16,17).